The molecular weight excluding hydrogens is 254 g/mol. The van der Waals surface area contributed by atoms with Crippen molar-refractivity contribution >= 4 is 0 Å². The Morgan fingerprint density at radius 1 is 1.35 bits per heavy atom. The van der Waals surface area contributed by atoms with Crippen LogP contribution in [-0.4, -0.2) is 40.7 Å². The molecule has 0 fully saturated rings. The topological polar surface area (TPSA) is 59.3 Å². The molecule has 2 N–H and O–H groups in total. The molecule has 108 valence electrons. The number of benzene rings is 1. The zero-order chi connectivity index (χ0) is 14.2. The van der Waals surface area contributed by atoms with Crippen LogP contribution < -0.4 is 10.1 Å². The maximum absolute atomic E-state index is 9.85. The van der Waals surface area contributed by atoms with Crippen molar-refractivity contribution in [2.45, 2.75) is 19.6 Å². The molecule has 0 aliphatic heterocycles. The molecule has 0 saturated carbocycles. The Balaban J connectivity index is 1.61. The molecule has 1 atom stereocenters. The summed E-state index contributed by atoms with van der Waals surface area (Å²) in [6, 6.07) is 9.69. The number of aryl methyl sites for hydroxylation is 1. The Morgan fingerprint density at radius 3 is 2.95 bits per heavy atom. The summed E-state index contributed by atoms with van der Waals surface area (Å²) in [5, 5.41) is 17.1. The van der Waals surface area contributed by atoms with Crippen molar-refractivity contribution in [1.82, 2.24) is 15.1 Å². The van der Waals surface area contributed by atoms with Gasteiger partial charge in [-0.15, -0.1) is 0 Å². The Morgan fingerprint density at radius 2 is 2.20 bits per heavy atom. The molecule has 0 saturated heterocycles. The minimum Gasteiger partial charge on any atom is -0.491 e. The van der Waals surface area contributed by atoms with E-state index in [2.05, 4.69) is 10.4 Å². The summed E-state index contributed by atoms with van der Waals surface area (Å²) in [6.45, 7) is 4.35. The van der Waals surface area contributed by atoms with E-state index in [1.165, 1.54) is 0 Å². The van der Waals surface area contributed by atoms with Gasteiger partial charge >= 0.3 is 0 Å². The van der Waals surface area contributed by atoms with Crippen LogP contribution in [0, 0.1) is 6.92 Å². The van der Waals surface area contributed by atoms with Crippen LogP contribution in [0.15, 0.2) is 42.7 Å². The second kappa shape index (κ2) is 7.67. The number of hydrogen-bond acceptors (Lipinski definition) is 4. The van der Waals surface area contributed by atoms with Gasteiger partial charge in [-0.1, -0.05) is 18.2 Å². The largest absolute Gasteiger partial charge is 0.491 e. The first-order valence-electron chi connectivity index (χ1n) is 6.80. The van der Waals surface area contributed by atoms with Crippen molar-refractivity contribution < 1.29 is 9.84 Å². The quantitative estimate of drug-likeness (QED) is 0.711. The van der Waals surface area contributed by atoms with Crippen molar-refractivity contribution in [3.05, 3.63) is 48.3 Å². The highest BCUT2D eigenvalue weighted by Gasteiger charge is 2.05. The Hall–Kier alpha value is -1.85. The van der Waals surface area contributed by atoms with Gasteiger partial charge in [0.25, 0.3) is 0 Å². The Kier molecular flexibility index (Phi) is 5.58. The number of para-hydroxylation sites is 1. The third-order valence-corrected chi connectivity index (χ3v) is 2.98. The fourth-order valence-electron chi connectivity index (χ4n) is 1.86. The lowest BCUT2D eigenvalue weighted by molar-refractivity contribution is 0.106. The lowest BCUT2D eigenvalue weighted by atomic mass is 10.2. The molecule has 1 aromatic heterocycles. The number of ether oxygens (including phenoxy) is 1. The predicted octanol–water partition coefficient (Wildman–Crippen LogP) is 1.22. The van der Waals surface area contributed by atoms with E-state index in [1.807, 2.05) is 48.1 Å². The van der Waals surface area contributed by atoms with Crippen LogP contribution in [0.5, 0.6) is 5.75 Å². The molecule has 2 rings (SSSR count). The highest BCUT2D eigenvalue weighted by Crippen LogP contribution is 2.16. The first-order valence-corrected chi connectivity index (χ1v) is 6.80. The second-order valence-corrected chi connectivity index (χ2v) is 4.70. The zero-order valence-corrected chi connectivity index (χ0v) is 11.7. The minimum absolute atomic E-state index is 0.291. The van der Waals surface area contributed by atoms with E-state index < -0.39 is 6.10 Å². The number of nitrogens with zero attached hydrogens (tertiary/aromatic N) is 2. The van der Waals surface area contributed by atoms with Gasteiger partial charge in [0.15, 0.2) is 0 Å². The predicted molar refractivity (Wildman–Crippen MR) is 77.8 cm³/mol. The van der Waals surface area contributed by atoms with Crippen LogP contribution in [0.2, 0.25) is 0 Å². The highest BCUT2D eigenvalue weighted by molar-refractivity contribution is 5.31. The number of rotatable bonds is 8. The molecule has 20 heavy (non-hydrogen) atoms. The summed E-state index contributed by atoms with van der Waals surface area (Å²) in [4.78, 5) is 0. The molecule has 0 aliphatic rings. The third-order valence-electron chi connectivity index (χ3n) is 2.98. The van der Waals surface area contributed by atoms with Crippen LogP contribution in [-0.2, 0) is 6.54 Å². The van der Waals surface area contributed by atoms with Gasteiger partial charge in [-0.25, -0.2) is 0 Å². The lowest BCUT2D eigenvalue weighted by Crippen LogP contribution is -2.33. The molecule has 1 unspecified atom stereocenters. The first-order chi connectivity index (χ1) is 9.75. The van der Waals surface area contributed by atoms with Crippen LogP contribution >= 0.6 is 0 Å². The highest BCUT2D eigenvalue weighted by atomic mass is 16.5. The Labute approximate surface area is 119 Å². The Bertz CT molecular complexity index is 500. The molecule has 2 aromatic rings. The average molecular weight is 275 g/mol. The lowest BCUT2D eigenvalue weighted by Gasteiger charge is -2.14. The second-order valence-electron chi connectivity index (χ2n) is 4.70. The third kappa shape index (κ3) is 4.68. The zero-order valence-electron chi connectivity index (χ0n) is 11.7. The van der Waals surface area contributed by atoms with Gasteiger partial charge in [-0.3, -0.25) is 4.68 Å². The van der Waals surface area contributed by atoms with Crippen LogP contribution in [0.25, 0.3) is 0 Å². The van der Waals surface area contributed by atoms with Crippen molar-refractivity contribution in [2.24, 2.45) is 0 Å². The van der Waals surface area contributed by atoms with E-state index in [4.69, 9.17) is 4.74 Å². The standard InChI is InChI=1S/C15H21N3O2/c1-13-5-2-3-6-15(13)20-12-14(19)11-16-8-10-18-9-4-7-17-18/h2-7,9,14,16,19H,8,10-12H2,1H3. The van der Waals surface area contributed by atoms with Gasteiger partial charge in [0.05, 0.1) is 6.54 Å². The van der Waals surface area contributed by atoms with E-state index in [1.54, 1.807) is 6.20 Å². The minimum atomic E-state index is -0.521. The van der Waals surface area contributed by atoms with E-state index in [-0.39, 0.29) is 0 Å². The van der Waals surface area contributed by atoms with Crippen molar-refractivity contribution in [2.75, 3.05) is 19.7 Å². The van der Waals surface area contributed by atoms with Gasteiger partial charge < -0.3 is 15.2 Å². The van der Waals surface area contributed by atoms with Gasteiger partial charge in [-0.2, -0.15) is 5.10 Å². The molecule has 0 spiro atoms. The smallest absolute Gasteiger partial charge is 0.122 e. The summed E-state index contributed by atoms with van der Waals surface area (Å²) in [7, 11) is 0. The van der Waals surface area contributed by atoms with Crippen molar-refractivity contribution in [3.8, 4) is 5.75 Å². The molecule has 0 aliphatic carbocycles. The van der Waals surface area contributed by atoms with Crippen LogP contribution in [0.3, 0.4) is 0 Å². The number of nitrogens with one attached hydrogen (secondary N) is 1. The summed E-state index contributed by atoms with van der Waals surface area (Å²) >= 11 is 0. The van der Waals surface area contributed by atoms with E-state index in [0.717, 1.165) is 24.4 Å². The molecule has 0 bridgehead atoms. The SMILES string of the molecule is Cc1ccccc1OCC(O)CNCCn1cccn1. The molecule has 5 nitrogen and oxygen atoms in total. The molecule has 1 heterocycles. The van der Waals surface area contributed by atoms with E-state index in [0.29, 0.717) is 13.2 Å². The van der Waals surface area contributed by atoms with Gasteiger partial charge in [-0.05, 0) is 24.6 Å². The van der Waals surface area contributed by atoms with Crippen LogP contribution in [0.4, 0.5) is 0 Å². The number of hydrogen-bond donors (Lipinski definition) is 2. The number of aliphatic hydroxyl groups excluding tert-OH is 1. The summed E-state index contributed by atoms with van der Waals surface area (Å²) in [6.07, 6.45) is 3.15. The van der Waals surface area contributed by atoms with E-state index in [9.17, 15) is 5.11 Å². The summed E-state index contributed by atoms with van der Waals surface area (Å²) < 4.78 is 7.44. The fraction of sp³-hybridized carbons (Fsp3) is 0.400. The maximum Gasteiger partial charge on any atom is 0.122 e. The number of aliphatic hydroxyl groups is 1. The molecular formula is C15H21N3O2. The van der Waals surface area contributed by atoms with Gasteiger partial charge in [0.1, 0.15) is 18.5 Å². The van der Waals surface area contributed by atoms with Gasteiger partial charge in [0, 0.05) is 25.5 Å². The maximum atomic E-state index is 9.85. The summed E-state index contributed by atoms with van der Waals surface area (Å²) in [5.74, 6) is 0.822. The normalized spacial score (nSPS) is 12.3. The first kappa shape index (κ1) is 14.6. The number of aromatic nitrogens is 2. The molecule has 5 heteroatoms. The van der Waals surface area contributed by atoms with Gasteiger partial charge in [0.2, 0.25) is 0 Å². The summed E-state index contributed by atoms with van der Waals surface area (Å²) in [5.41, 5.74) is 1.08. The molecule has 0 radical (unpaired) electrons. The average Bonchev–Trinajstić information content (AvgIpc) is 2.96. The monoisotopic (exact) mass is 275 g/mol. The van der Waals surface area contributed by atoms with E-state index >= 15 is 0 Å². The fourth-order valence-corrected chi connectivity index (χ4v) is 1.86. The molecule has 1 aromatic carbocycles. The molecule has 0 amide bonds. The van der Waals surface area contributed by atoms with Crippen molar-refractivity contribution in [3.63, 3.8) is 0 Å². The van der Waals surface area contributed by atoms with Crippen LogP contribution in [0.1, 0.15) is 5.56 Å². The van der Waals surface area contributed by atoms with Crippen molar-refractivity contribution in [1.29, 1.82) is 0 Å².